The van der Waals surface area contributed by atoms with Crippen LogP contribution < -0.4 is 16.0 Å². The summed E-state index contributed by atoms with van der Waals surface area (Å²) in [5.74, 6) is -1.77. The van der Waals surface area contributed by atoms with E-state index >= 15 is 0 Å². The van der Waals surface area contributed by atoms with Crippen molar-refractivity contribution in [3.05, 3.63) is 0 Å². The second-order valence-corrected chi connectivity index (χ2v) is 4.02. The first-order valence-electron chi connectivity index (χ1n) is 5.92. The minimum atomic E-state index is -0.967. The van der Waals surface area contributed by atoms with Crippen LogP contribution in [-0.4, -0.2) is 42.1 Å². The van der Waals surface area contributed by atoms with Gasteiger partial charge in [-0.2, -0.15) is 0 Å². The van der Waals surface area contributed by atoms with Crippen LogP contribution in [0.15, 0.2) is 0 Å². The Morgan fingerprint density at radius 2 is 1.78 bits per heavy atom. The van der Waals surface area contributed by atoms with E-state index in [0.29, 0.717) is 6.54 Å². The SMILES string of the molecule is CCNC(=O)CCNC(=O)NC(C)C(C)C(=O)O. The van der Waals surface area contributed by atoms with Crippen LogP contribution in [0.3, 0.4) is 0 Å². The smallest absolute Gasteiger partial charge is 0.315 e. The molecule has 0 aliphatic rings. The number of hydrogen-bond acceptors (Lipinski definition) is 3. The monoisotopic (exact) mass is 259 g/mol. The third-order valence-corrected chi connectivity index (χ3v) is 2.51. The zero-order chi connectivity index (χ0) is 14.1. The van der Waals surface area contributed by atoms with E-state index in [2.05, 4.69) is 16.0 Å². The van der Waals surface area contributed by atoms with Crippen LogP contribution in [0, 0.1) is 5.92 Å². The first-order valence-corrected chi connectivity index (χ1v) is 5.92. The molecule has 0 aliphatic carbocycles. The molecule has 0 saturated carbocycles. The van der Waals surface area contributed by atoms with E-state index in [9.17, 15) is 14.4 Å². The Morgan fingerprint density at radius 1 is 1.17 bits per heavy atom. The Labute approximate surface area is 106 Å². The average molecular weight is 259 g/mol. The molecular formula is C11H21N3O4. The van der Waals surface area contributed by atoms with Crippen molar-refractivity contribution in [2.75, 3.05) is 13.1 Å². The molecule has 104 valence electrons. The zero-order valence-electron chi connectivity index (χ0n) is 10.9. The van der Waals surface area contributed by atoms with E-state index in [0.717, 1.165) is 0 Å². The summed E-state index contributed by atoms with van der Waals surface area (Å²) in [5.41, 5.74) is 0. The molecule has 4 N–H and O–H groups in total. The number of nitrogens with one attached hydrogen (secondary N) is 3. The zero-order valence-corrected chi connectivity index (χ0v) is 10.9. The van der Waals surface area contributed by atoms with Gasteiger partial charge in [-0.25, -0.2) is 4.79 Å². The van der Waals surface area contributed by atoms with Crippen LogP contribution in [0.25, 0.3) is 0 Å². The molecule has 0 fully saturated rings. The topological polar surface area (TPSA) is 108 Å². The lowest BCUT2D eigenvalue weighted by Gasteiger charge is -2.18. The molecule has 0 aromatic heterocycles. The molecule has 7 nitrogen and oxygen atoms in total. The number of aliphatic carboxylic acids is 1. The largest absolute Gasteiger partial charge is 0.481 e. The van der Waals surface area contributed by atoms with Gasteiger partial charge in [-0.05, 0) is 20.8 Å². The van der Waals surface area contributed by atoms with E-state index in [4.69, 9.17) is 5.11 Å². The van der Waals surface area contributed by atoms with Gasteiger partial charge in [0.2, 0.25) is 5.91 Å². The lowest BCUT2D eigenvalue weighted by Crippen LogP contribution is -2.45. The second kappa shape index (κ2) is 8.32. The molecule has 0 heterocycles. The number of carbonyl (C=O) groups excluding carboxylic acids is 2. The van der Waals surface area contributed by atoms with Crippen molar-refractivity contribution in [3.63, 3.8) is 0 Å². The predicted molar refractivity (Wildman–Crippen MR) is 66.1 cm³/mol. The molecule has 0 saturated heterocycles. The van der Waals surface area contributed by atoms with Crippen molar-refractivity contribution >= 4 is 17.9 Å². The average Bonchev–Trinajstić information content (AvgIpc) is 2.27. The van der Waals surface area contributed by atoms with Crippen molar-refractivity contribution in [1.29, 1.82) is 0 Å². The third-order valence-electron chi connectivity index (χ3n) is 2.51. The molecule has 3 amide bonds. The normalized spacial score (nSPS) is 13.3. The van der Waals surface area contributed by atoms with Gasteiger partial charge in [0.25, 0.3) is 0 Å². The molecule has 0 aromatic rings. The highest BCUT2D eigenvalue weighted by Crippen LogP contribution is 2.01. The second-order valence-electron chi connectivity index (χ2n) is 4.02. The highest BCUT2D eigenvalue weighted by atomic mass is 16.4. The van der Waals surface area contributed by atoms with Crippen LogP contribution in [-0.2, 0) is 9.59 Å². The van der Waals surface area contributed by atoms with E-state index in [1.165, 1.54) is 6.92 Å². The van der Waals surface area contributed by atoms with Crippen molar-refractivity contribution in [2.45, 2.75) is 33.2 Å². The molecule has 0 radical (unpaired) electrons. The maximum absolute atomic E-state index is 11.4. The summed E-state index contributed by atoms with van der Waals surface area (Å²) in [4.78, 5) is 33.1. The van der Waals surface area contributed by atoms with Gasteiger partial charge in [-0.1, -0.05) is 0 Å². The molecule has 2 unspecified atom stereocenters. The number of carboxylic acids is 1. The summed E-state index contributed by atoms with van der Waals surface area (Å²) in [6.07, 6.45) is 0.199. The highest BCUT2D eigenvalue weighted by molar-refractivity contribution is 5.78. The van der Waals surface area contributed by atoms with E-state index < -0.39 is 24.0 Å². The van der Waals surface area contributed by atoms with Gasteiger partial charge in [0.15, 0.2) is 0 Å². The molecular weight excluding hydrogens is 238 g/mol. The van der Waals surface area contributed by atoms with Crippen LogP contribution in [0.4, 0.5) is 4.79 Å². The van der Waals surface area contributed by atoms with Crippen molar-refractivity contribution in [3.8, 4) is 0 Å². The number of urea groups is 1. The van der Waals surface area contributed by atoms with Crippen LogP contribution in [0.5, 0.6) is 0 Å². The van der Waals surface area contributed by atoms with Crippen LogP contribution in [0.1, 0.15) is 27.2 Å². The quantitative estimate of drug-likeness (QED) is 0.513. The van der Waals surface area contributed by atoms with Gasteiger partial charge in [-0.15, -0.1) is 0 Å². The fraction of sp³-hybridized carbons (Fsp3) is 0.727. The molecule has 0 aromatic carbocycles. The van der Waals surface area contributed by atoms with Gasteiger partial charge >= 0.3 is 12.0 Å². The lowest BCUT2D eigenvalue weighted by molar-refractivity contribution is -0.141. The first-order chi connectivity index (χ1) is 8.38. The number of hydrogen-bond donors (Lipinski definition) is 4. The minimum absolute atomic E-state index is 0.134. The fourth-order valence-electron chi connectivity index (χ4n) is 1.17. The third kappa shape index (κ3) is 6.72. The lowest BCUT2D eigenvalue weighted by atomic mass is 10.0. The van der Waals surface area contributed by atoms with Crippen molar-refractivity contribution < 1.29 is 19.5 Å². The first kappa shape index (κ1) is 16.2. The maximum atomic E-state index is 11.4. The molecule has 18 heavy (non-hydrogen) atoms. The van der Waals surface area contributed by atoms with Crippen molar-refractivity contribution in [2.24, 2.45) is 5.92 Å². The fourth-order valence-corrected chi connectivity index (χ4v) is 1.17. The maximum Gasteiger partial charge on any atom is 0.315 e. The summed E-state index contributed by atoms with van der Waals surface area (Å²) in [6, 6.07) is -0.952. The summed E-state index contributed by atoms with van der Waals surface area (Å²) in [5, 5.41) is 16.4. The van der Waals surface area contributed by atoms with Crippen molar-refractivity contribution in [1.82, 2.24) is 16.0 Å². The Bertz CT molecular complexity index is 307. The van der Waals surface area contributed by atoms with Crippen LogP contribution in [0.2, 0.25) is 0 Å². The van der Waals surface area contributed by atoms with Gasteiger partial charge in [0.1, 0.15) is 0 Å². The summed E-state index contributed by atoms with van der Waals surface area (Å²) in [6.45, 7) is 5.71. The molecule has 7 heteroatoms. The number of amides is 3. The Hall–Kier alpha value is -1.79. The van der Waals surface area contributed by atoms with E-state index in [1.54, 1.807) is 6.92 Å². The summed E-state index contributed by atoms with van der Waals surface area (Å²) in [7, 11) is 0. The minimum Gasteiger partial charge on any atom is -0.481 e. The Kier molecular flexibility index (Phi) is 7.50. The van der Waals surface area contributed by atoms with Gasteiger partial charge in [-0.3, -0.25) is 9.59 Å². The summed E-state index contributed by atoms with van der Waals surface area (Å²) >= 11 is 0. The highest BCUT2D eigenvalue weighted by Gasteiger charge is 2.20. The Morgan fingerprint density at radius 3 is 2.28 bits per heavy atom. The standard InChI is InChI=1S/C11H21N3O4/c1-4-12-9(15)5-6-13-11(18)14-8(3)7(2)10(16)17/h7-8H,4-6H2,1-3H3,(H,12,15)(H,16,17)(H2,13,14,18). The van der Waals surface area contributed by atoms with E-state index in [-0.39, 0.29) is 18.9 Å². The van der Waals surface area contributed by atoms with Crippen LogP contribution >= 0.6 is 0 Å². The molecule has 2 atom stereocenters. The van der Waals surface area contributed by atoms with Gasteiger partial charge < -0.3 is 21.1 Å². The molecule has 0 aliphatic heterocycles. The molecule has 0 rings (SSSR count). The number of rotatable bonds is 7. The molecule has 0 bridgehead atoms. The van der Waals surface area contributed by atoms with E-state index in [1.807, 2.05) is 6.92 Å². The summed E-state index contributed by atoms with van der Waals surface area (Å²) < 4.78 is 0. The predicted octanol–water partition coefficient (Wildman–Crippen LogP) is -0.0790. The molecule has 0 spiro atoms. The van der Waals surface area contributed by atoms with Gasteiger partial charge in [0, 0.05) is 25.6 Å². The Balaban J connectivity index is 3.84. The number of carboxylic acid groups (broad SMARTS) is 1. The number of carbonyl (C=O) groups is 3. The van der Waals surface area contributed by atoms with Gasteiger partial charge in [0.05, 0.1) is 5.92 Å².